The zero-order valence-electron chi connectivity index (χ0n) is 14.3. The molecule has 1 heterocycles. The van der Waals surface area contributed by atoms with Crippen LogP contribution < -0.4 is 4.84 Å². The summed E-state index contributed by atoms with van der Waals surface area (Å²) in [7, 11) is 0. The van der Waals surface area contributed by atoms with Gasteiger partial charge in [0, 0.05) is 5.02 Å². The van der Waals surface area contributed by atoms with Gasteiger partial charge >= 0.3 is 6.18 Å². The highest BCUT2D eigenvalue weighted by Gasteiger charge is 2.39. The third kappa shape index (κ3) is 4.64. The van der Waals surface area contributed by atoms with Gasteiger partial charge in [-0.3, -0.25) is 5.01 Å². The maximum Gasteiger partial charge on any atom is 0.416 e. The zero-order chi connectivity index (χ0) is 19.7. The predicted octanol–water partition coefficient (Wildman–Crippen LogP) is 4.08. The lowest BCUT2D eigenvalue weighted by Gasteiger charge is -2.30. The van der Waals surface area contributed by atoms with Crippen molar-refractivity contribution in [2.75, 3.05) is 13.2 Å². The highest BCUT2D eigenvalue weighted by molar-refractivity contribution is 6.30. The SMILES string of the molecule is CC(O)(CN1CN(Oc2ccc(Cl)cc2)C=N1)c1ccccc1C(F)(F)F. The molecule has 0 radical (unpaired) electrons. The molecular formula is C18H17ClF3N3O2. The normalized spacial score (nSPS) is 16.5. The maximum absolute atomic E-state index is 13.2. The third-order valence-corrected chi connectivity index (χ3v) is 4.24. The Bertz CT molecular complexity index is 825. The molecule has 1 aliphatic heterocycles. The van der Waals surface area contributed by atoms with Crippen LogP contribution in [-0.4, -0.2) is 34.7 Å². The van der Waals surface area contributed by atoms with E-state index in [9.17, 15) is 18.3 Å². The molecule has 9 heteroatoms. The van der Waals surface area contributed by atoms with Crippen molar-refractivity contribution in [3.63, 3.8) is 0 Å². The lowest BCUT2D eigenvalue weighted by atomic mass is 9.91. The van der Waals surface area contributed by atoms with E-state index >= 15 is 0 Å². The number of halogens is 4. The van der Waals surface area contributed by atoms with Crippen molar-refractivity contribution in [3.8, 4) is 5.75 Å². The summed E-state index contributed by atoms with van der Waals surface area (Å²) in [5, 5.41) is 18.2. The second-order valence-corrected chi connectivity index (χ2v) is 6.75. The standard InChI is InChI=1S/C18H17ClF3N3O2/c1-17(26,15-4-2-3-5-16(15)18(20,21)22)10-24-12-25(11-23-24)27-14-8-6-13(19)7-9-14/h2-9,11,26H,10,12H2,1H3. The molecular weight excluding hydrogens is 383 g/mol. The Morgan fingerprint density at radius 1 is 1.11 bits per heavy atom. The van der Waals surface area contributed by atoms with E-state index in [-0.39, 0.29) is 18.8 Å². The van der Waals surface area contributed by atoms with E-state index in [1.807, 2.05) is 0 Å². The number of alkyl halides is 3. The molecule has 1 unspecified atom stereocenters. The van der Waals surface area contributed by atoms with Gasteiger partial charge in [-0.2, -0.15) is 23.3 Å². The van der Waals surface area contributed by atoms with Crippen molar-refractivity contribution < 1.29 is 23.1 Å². The molecule has 1 aliphatic rings. The van der Waals surface area contributed by atoms with Crippen molar-refractivity contribution in [2.24, 2.45) is 5.10 Å². The van der Waals surface area contributed by atoms with E-state index in [0.717, 1.165) is 6.07 Å². The van der Waals surface area contributed by atoms with Crippen LogP contribution in [0, 0.1) is 0 Å². The fraction of sp³-hybridized carbons (Fsp3) is 0.278. The summed E-state index contributed by atoms with van der Waals surface area (Å²) in [5.74, 6) is 0.530. The average molecular weight is 400 g/mol. The Labute approximate surface area is 159 Å². The van der Waals surface area contributed by atoms with Crippen LogP contribution in [0.15, 0.2) is 53.6 Å². The van der Waals surface area contributed by atoms with Gasteiger partial charge in [0.25, 0.3) is 0 Å². The zero-order valence-corrected chi connectivity index (χ0v) is 15.1. The summed E-state index contributed by atoms with van der Waals surface area (Å²) in [6, 6.07) is 11.7. The second kappa shape index (κ2) is 7.28. The summed E-state index contributed by atoms with van der Waals surface area (Å²) in [6.07, 6.45) is -3.17. The van der Waals surface area contributed by atoms with Crippen LogP contribution in [0.2, 0.25) is 5.02 Å². The van der Waals surface area contributed by atoms with E-state index in [4.69, 9.17) is 16.4 Å². The number of hydrogen-bond acceptors (Lipinski definition) is 5. The molecule has 0 fully saturated rings. The first-order chi connectivity index (χ1) is 12.6. The average Bonchev–Trinajstić information content (AvgIpc) is 3.02. The smallest absolute Gasteiger partial charge is 0.384 e. The van der Waals surface area contributed by atoms with E-state index in [2.05, 4.69) is 5.10 Å². The maximum atomic E-state index is 13.2. The molecule has 2 aromatic rings. The van der Waals surface area contributed by atoms with E-state index < -0.39 is 17.3 Å². The molecule has 0 spiro atoms. The van der Waals surface area contributed by atoms with Crippen LogP contribution in [0.1, 0.15) is 18.1 Å². The number of hydroxylamine groups is 2. The number of rotatable bonds is 5. The minimum atomic E-state index is -4.56. The van der Waals surface area contributed by atoms with Gasteiger partial charge in [0.05, 0.1) is 12.1 Å². The van der Waals surface area contributed by atoms with Gasteiger partial charge in [-0.15, -0.1) is 0 Å². The first-order valence-electron chi connectivity index (χ1n) is 8.03. The summed E-state index contributed by atoms with van der Waals surface area (Å²) >= 11 is 5.82. The van der Waals surface area contributed by atoms with E-state index in [1.54, 1.807) is 24.3 Å². The molecule has 2 aromatic carbocycles. The topological polar surface area (TPSA) is 48.3 Å². The molecule has 0 bridgehead atoms. The van der Waals surface area contributed by atoms with Gasteiger partial charge in [-0.05, 0) is 42.8 Å². The first-order valence-corrected chi connectivity index (χ1v) is 8.41. The van der Waals surface area contributed by atoms with Gasteiger partial charge < -0.3 is 9.94 Å². The minimum Gasteiger partial charge on any atom is -0.384 e. The van der Waals surface area contributed by atoms with Crippen LogP contribution in [0.4, 0.5) is 13.2 Å². The largest absolute Gasteiger partial charge is 0.416 e. The number of β-amino-alcohol motifs (C(OH)–C–C–N with tert-alkyl or cyclic N) is 1. The van der Waals surface area contributed by atoms with E-state index in [1.165, 1.54) is 41.5 Å². The molecule has 0 amide bonds. The number of aliphatic hydroxyl groups is 1. The molecule has 1 atom stereocenters. The molecule has 0 saturated heterocycles. The minimum absolute atomic E-state index is 0.142. The summed E-state index contributed by atoms with van der Waals surface area (Å²) < 4.78 is 39.7. The van der Waals surface area contributed by atoms with Crippen LogP contribution in [-0.2, 0) is 11.8 Å². The first kappa shape index (κ1) is 19.3. The number of nitrogens with zero attached hydrogens (tertiary/aromatic N) is 3. The van der Waals surface area contributed by atoms with Gasteiger partial charge in [0.2, 0.25) is 0 Å². The third-order valence-electron chi connectivity index (χ3n) is 3.99. The second-order valence-electron chi connectivity index (χ2n) is 6.32. The van der Waals surface area contributed by atoms with Crippen LogP contribution >= 0.6 is 11.6 Å². The van der Waals surface area contributed by atoms with Crippen LogP contribution in [0.5, 0.6) is 5.75 Å². The molecule has 0 aliphatic carbocycles. The van der Waals surface area contributed by atoms with Crippen LogP contribution in [0.25, 0.3) is 0 Å². The predicted molar refractivity (Wildman–Crippen MR) is 95.0 cm³/mol. The molecule has 3 rings (SSSR count). The van der Waals surface area contributed by atoms with Crippen molar-refractivity contribution >= 4 is 17.9 Å². The monoisotopic (exact) mass is 399 g/mol. The molecule has 0 aromatic heterocycles. The molecule has 27 heavy (non-hydrogen) atoms. The van der Waals surface area contributed by atoms with E-state index in [0.29, 0.717) is 10.8 Å². The van der Waals surface area contributed by atoms with Crippen molar-refractivity contribution in [3.05, 3.63) is 64.7 Å². The Morgan fingerprint density at radius 3 is 2.37 bits per heavy atom. The molecule has 0 saturated carbocycles. The Morgan fingerprint density at radius 2 is 1.74 bits per heavy atom. The summed E-state index contributed by atoms with van der Waals surface area (Å²) in [5.41, 5.74) is -2.84. The Kier molecular flexibility index (Phi) is 5.21. The Balaban J connectivity index is 1.67. The fourth-order valence-electron chi connectivity index (χ4n) is 2.78. The van der Waals surface area contributed by atoms with Gasteiger partial charge in [0.1, 0.15) is 18.6 Å². The van der Waals surface area contributed by atoms with Crippen molar-refractivity contribution in [1.82, 2.24) is 10.1 Å². The summed E-state index contributed by atoms with van der Waals surface area (Å²) in [4.78, 5) is 5.58. The summed E-state index contributed by atoms with van der Waals surface area (Å²) in [6.45, 7) is 1.33. The number of hydrazone groups is 1. The molecule has 1 N–H and O–H groups in total. The lowest BCUT2D eigenvalue weighted by molar-refractivity contribution is -0.141. The van der Waals surface area contributed by atoms with Crippen molar-refractivity contribution in [1.29, 1.82) is 0 Å². The molecule has 5 nitrogen and oxygen atoms in total. The van der Waals surface area contributed by atoms with Gasteiger partial charge in [0.15, 0.2) is 5.75 Å². The number of benzene rings is 2. The van der Waals surface area contributed by atoms with Crippen LogP contribution in [0.3, 0.4) is 0 Å². The van der Waals surface area contributed by atoms with Gasteiger partial charge in [-0.25, -0.2) is 0 Å². The number of hydrogen-bond donors (Lipinski definition) is 1. The quantitative estimate of drug-likeness (QED) is 0.823. The highest BCUT2D eigenvalue weighted by Crippen LogP contribution is 2.37. The van der Waals surface area contributed by atoms with Gasteiger partial charge in [-0.1, -0.05) is 29.8 Å². The Hall–Kier alpha value is -2.45. The lowest BCUT2D eigenvalue weighted by Crippen LogP contribution is -2.39. The fourth-order valence-corrected chi connectivity index (χ4v) is 2.91. The van der Waals surface area contributed by atoms with Crippen molar-refractivity contribution in [2.45, 2.75) is 18.7 Å². The molecule has 144 valence electrons. The highest BCUT2D eigenvalue weighted by atomic mass is 35.5.